The van der Waals surface area contributed by atoms with Crippen LogP contribution in [-0.2, 0) is 5.41 Å². The van der Waals surface area contributed by atoms with Crippen molar-refractivity contribution in [3.05, 3.63) is 24.1 Å². The van der Waals surface area contributed by atoms with E-state index in [0.717, 1.165) is 18.4 Å². The van der Waals surface area contributed by atoms with E-state index in [1.165, 1.54) is 0 Å². The molecule has 2 N–H and O–H groups in total. The molecule has 2 rings (SSSR count). The van der Waals surface area contributed by atoms with Crippen molar-refractivity contribution in [3.63, 3.8) is 0 Å². The number of anilines is 1. The second kappa shape index (κ2) is 7.66. The molecule has 0 saturated carbocycles. The van der Waals surface area contributed by atoms with Crippen molar-refractivity contribution >= 4 is 22.8 Å². The first-order valence-corrected chi connectivity index (χ1v) is 8.43. The normalized spacial score (nSPS) is 11.7. The maximum Gasteiger partial charge on any atom is 0.321 e. The summed E-state index contributed by atoms with van der Waals surface area (Å²) in [5, 5.41) is 12.0. The molecule has 0 aliphatic rings. The maximum atomic E-state index is 12.4. The van der Waals surface area contributed by atoms with Gasteiger partial charge in [0, 0.05) is 24.2 Å². The number of nitrogens with one attached hydrogen (secondary N) is 1. The molecule has 0 spiro atoms. The Hall–Kier alpha value is -2.08. The number of fused-ring (bicyclic) bond motifs is 1. The van der Waals surface area contributed by atoms with Gasteiger partial charge in [0.25, 0.3) is 0 Å². The number of oxazole rings is 1. The molecule has 2 amide bonds. The molecule has 2 aromatic rings. The van der Waals surface area contributed by atoms with Crippen molar-refractivity contribution < 1.29 is 14.3 Å². The number of nitrogens with zero attached hydrogens (tertiary/aromatic N) is 2. The Balaban J connectivity index is 2.15. The standard InChI is InChI=1S/C18H27N3O3/c1-5-6-9-21(10-11-22)17(23)19-13-7-8-15-14(12-13)20-16(24-15)18(2,3)4/h7-8,12,22H,5-6,9-11H2,1-4H3,(H,19,23). The van der Waals surface area contributed by atoms with Gasteiger partial charge in [0.15, 0.2) is 5.58 Å². The highest BCUT2D eigenvalue weighted by Crippen LogP contribution is 2.27. The lowest BCUT2D eigenvalue weighted by Gasteiger charge is -2.21. The number of hydrogen-bond donors (Lipinski definition) is 2. The van der Waals surface area contributed by atoms with Crippen molar-refractivity contribution in [1.82, 2.24) is 9.88 Å². The van der Waals surface area contributed by atoms with Crippen LogP contribution in [0.15, 0.2) is 22.6 Å². The minimum absolute atomic E-state index is 0.0472. The summed E-state index contributed by atoms with van der Waals surface area (Å²) in [4.78, 5) is 18.5. The highest BCUT2D eigenvalue weighted by atomic mass is 16.3. The van der Waals surface area contributed by atoms with Gasteiger partial charge in [-0.05, 0) is 24.6 Å². The first-order valence-electron chi connectivity index (χ1n) is 8.43. The number of aromatic nitrogens is 1. The highest BCUT2D eigenvalue weighted by Gasteiger charge is 2.21. The molecule has 0 aliphatic carbocycles. The fourth-order valence-electron chi connectivity index (χ4n) is 2.31. The van der Waals surface area contributed by atoms with E-state index in [4.69, 9.17) is 9.52 Å². The van der Waals surface area contributed by atoms with Crippen LogP contribution in [0.25, 0.3) is 11.1 Å². The number of benzene rings is 1. The summed E-state index contributed by atoms with van der Waals surface area (Å²) in [6.07, 6.45) is 1.90. The molecule has 0 atom stereocenters. The molecule has 132 valence electrons. The number of urea groups is 1. The van der Waals surface area contributed by atoms with Gasteiger partial charge < -0.3 is 19.7 Å². The summed E-state index contributed by atoms with van der Waals surface area (Å²) < 4.78 is 5.76. The number of rotatable bonds is 6. The average molecular weight is 333 g/mol. The van der Waals surface area contributed by atoms with Gasteiger partial charge >= 0.3 is 6.03 Å². The lowest BCUT2D eigenvalue weighted by atomic mass is 9.97. The highest BCUT2D eigenvalue weighted by molar-refractivity contribution is 5.91. The Morgan fingerprint density at radius 1 is 1.33 bits per heavy atom. The van der Waals surface area contributed by atoms with Gasteiger partial charge in [-0.1, -0.05) is 34.1 Å². The van der Waals surface area contributed by atoms with Crippen LogP contribution in [0.3, 0.4) is 0 Å². The van der Waals surface area contributed by atoms with Crippen molar-refractivity contribution in [2.75, 3.05) is 25.0 Å². The van der Waals surface area contributed by atoms with Crippen LogP contribution in [0.2, 0.25) is 0 Å². The zero-order valence-corrected chi connectivity index (χ0v) is 14.9. The molecule has 6 heteroatoms. The Morgan fingerprint density at radius 2 is 2.08 bits per heavy atom. The third-order valence-electron chi connectivity index (χ3n) is 3.72. The van der Waals surface area contributed by atoms with Gasteiger partial charge in [-0.15, -0.1) is 0 Å². The number of aliphatic hydroxyl groups is 1. The molecular formula is C18H27N3O3. The average Bonchev–Trinajstić information content (AvgIpc) is 2.94. The Morgan fingerprint density at radius 3 is 2.71 bits per heavy atom. The lowest BCUT2D eigenvalue weighted by molar-refractivity contribution is 0.187. The number of carbonyl (C=O) groups is 1. The quantitative estimate of drug-likeness (QED) is 0.844. The van der Waals surface area contributed by atoms with E-state index < -0.39 is 0 Å². The van der Waals surface area contributed by atoms with Crippen molar-refractivity contribution in [2.24, 2.45) is 0 Å². The predicted molar refractivity (Wildman–Crippen MR) is 95.3 cm³/mol. The zero-order valence-electron chi connectivity index (χ0n) is 14.9. The van der Waals surface area contributed by atoms with Crippen LogP contribution in [-0.4, -0.2) is 40.7 Å². The molecular weight excluding hydrogens is 306 g/mol. The second-order valence-electron chi connectivity index (χ2n) is 6.95. The van der Waals surface area contributed by atoms with E-state index in [9.17, 15) is 4.79 Å². The Bertz CT molecular complexity index is 688. The van der Waals surface area contributed by atoms with Gasteiger partial charge in [-0.3, -0.25) is 0 Å². The second-order valence-corrected chi connectivity index (χ2v) is 6.95. The smallest absolute Gasteiger partial charge is 0.321 e. The van der Waals surface area contributed by atoms with E-state index in [0.29, 0.717) is 30.3 Å². The summed E-state index contributed by atoms with van der Waals surface area (Å²) >= 11 is 0. The van der Waals surface area contributed by atoms with Crippen LogP contribution >= 0.6 is 0 Å². The van der Waals surface area contributed by atoms with Crippen molar-refractivity contribution in [2.45, 2.75) is 46.0 Å². The van der Waals surface area contributed by atoms with E-state index in [1.807, 2.05) is 32.9 Å². The molecule has 6 nitrogen and oxygen atoms in total. The minimum Gasteiger partial charge on any atom is -0.440 e. The molecule has 0 saturated heterocycles. The molecule has 1 heterocycles. The summed E-state index contributed by atoms with van der Waals surface area (Å²) in [5.74, 6) is 0.672. The molecule has 1 aromatic carbocycles. The van der Waals surface area contributed by atoms with Crippen LogP contribution < -0.4 is 5.32 Å². The van der Waals surface area contributed by atoms with Gasteiger partial charge in [-0.2, -0.15) is 0 Å². The SMILES string of the molecule is CCCCN(CCO)C(=O)Nc1ccc2oc(C(C)(C)C)nc2c1. The third kappa shape index (κ3) is 4.47. The Kier molecular flexibility index (Phi) is 5.83. The van der Waals surface area contributed by atoms with Gasteiger partial charge in [-0.25, -0.2) is 9.78 Å². The summed E-state index contributed by atoms with van der Waals surface area (Å²) in [6.45, 7) is 9.10. The van der Waals surface area contributed by atoms with Crippen LogP contribution in [0, 0.1) is 0 Å². The maximum absolute atomic E-state index is 12.4. The molecule has 1 aromatic heterocycles. The van der Waals surface area contributed by atoms with E-state index in [-0.39, 0.29) is 18.1 Å². The fourth-order valence-corrected chi connectivity index (χ4v) is 2.31. The topological polar surface area (TPSA) is 78.6 Å². The number of unbranched alkanes of at least 4 members (excludes halogenated alkanes) is 1. The number of amides is 2. The van der Waals surface area contributed by atoms with Gasteiger partial charge in [0.05, 0.1) is 6.61 Å². The lowest BCUT2D eigenvalue weighted by Crippen LogP contribution is -2.37. The van der Waals surface area contributed by atoms with Crippen LogP contribution in [0.1, 0.15) is 46.4 Å². The van der Waals surface area contributed by atoms with Gasteiger partial charge in [0.2, 0.25) is 5.89 Å². The van der Waals surface area contributed by atoms with Crippen molar-refractivity contribution in [3.8, 4) is 0 Å². The molecule has 0 unspecified atom stereocenters. The third-order valence-corrected chi connectivity index (χ3v) is 3.72. The number of carbonyl (C=O) groups excluding carboxylic acids is 1. The summed E-state index contributed by atoms with van der Waals surface area (Å²) in [5.41, 5.74) is 1.93. The van der Waals surface area contributed by atoms with Crippen LogP contribution in [0.4, 0.5) is 10.5 Å². The molecule has 0 fully saturated rings. The molecule has 0 radical (unpaired) electrons. The zero-order chi connectivity index (χ0) is 17.7. The fraction of sp³-hybridized carbons (Fsp3) is 0.556. The van der Waals surface area contributed by atoms with Gasteiger partial charge in [0.1, 0.15) is 5.52 Å². The van der Waals surface area contributed by atoms with E-state index in [1.54, 1.807) is 11.0 Å². The predicted octanol–water partition coefficient (Wildman–Crippen LogP) is 3.75. The summed E-state index contributed by atoms with van der Waals surface area (Å²) in [6, 6.07) is 5.21. The van der Waals surface area contributed by atoms with Crippen molar-refractivity contribution in [1.29, 1.82) is 0 Å². The first kappa shape index (κ1) is 18.3. The molecule has 0 bridgehead atoms. The molecule has 0 aliphatic heterocycles. The number of hydrogen-bond acceptors (Lipinski definition) is 4. The summed E-state index contributed by atoms with van der Waals surface area (Å²) in [7, 11) is 0. The number of aliphatic hydroxyl groups excluding tert-OH is 1. The molecule has 24 heavy (non-hydrogen) atoms. The largest absolute Gasteiger partial charge is 0.440 e. The van der Waals surface area contributed by atoms with Crippen LogP contribution in [0.5, 0.6) is 0 Å². The first-order chi connectivity index (χ1) is 11.3. The monoisotopic (exact) mass is 333 g/mol. The van der Waals surface area contributed by atoms with E-state index in [2.05, 4.69) is 17.2 Å². The van der Waals surface area contributed by atoms with E-state index >= 15 is 0 Å². The minimum atomic E-state index is -0.212. The Labute approximate surface area is 142 Å².